The molecule has 48 heavy (non-hydrogen) atoms. The van der Waals surface area contributed by atoms with Crippen molar-refractivity contribution in [1.82, 2.24) is 0 Å². The van der Waals surface area contributed by atoms with Crippen molar-refractivity contribution in [2.45, 2.75) is 181 Å². The van der Waals surface area contributed by atoms with Gasteiger partial charge < -0.3 is 14.2 Å². The van der Waals surface area contributed by atoms with Crippen molar-refractivity contribution in [3.63, 3.8) is 0 Å². The summed E-state index contributed by atoms with van der Waals surface area (Å²) in [6, 6.07) is 0. The number of allylic oxidation sites excluding steroid dienone is 10. The Hall–Kier alpha value is -2.40. The Kier molecular flexibility index (Phi) is 37.1. The van der Waals surface area contributed by atoms with Crippen LogP contribution in [0.5, 0.6) is 0 Å². The third-order valence-electron chi connectivity index (χ3n) is 8.05. The highest BCUT2D eigenvalue weighted by atomic mass is 16.6. The summed E-state index contributed by atoms with van der Waals surface area (Å²) >= 11 is 0. The molecular weight excluding hydrogens is 596 g/mol. The Morgan fingerprint density at radius 2 is 1.00 bits per heavy atom. The molecule has 1 atom stereocenters. The van der Waals surface area contributed by atoms with Crippen LogP contribution in [0.3, 0.4) is 0 Å². The number of rotatable bonds is 35. The SMILES string of the molecule is CC/C=C\C/C=C\C/C=C\C/C=C\CCC(=O)OCC(COCCCCCCCC/C=C\CCCC)OC(=O)CCCCCCCCC. The molecule has 0 saturated heterocycles. The fraction of sp³-hybridized carbons (Fsp3) is 0.721. The van der Waals surface area contributed by atoms with Crippen molar-refractivity contribution in [1.29, 1.82) is 0 Å². The lowest BCUT2D eigenvalue weighted by atomic mass is 10.1. The van der Waals surface area contributed by atoms with Gasteiger partial charge in [-0.05, 0) is 64.2 Å². The second kappa shape index (κ2) is 39.0. The zero-order valence-electron chi connectivity index (χ0n) is 31.5. The normalized spacial score (nSPS) is 12.8. The van der Waals surface area contributed by atoms with Crippen LogP contribution in [0.15, 0.2) is 60.8 Å². The van der Waals surface area contributed by atoms with Crippen LogP contribution >= 0.6 is 0 Å². The summed E-state index contributed by atoms with van der Waals surface area (Å²) in [5.41, 5.74) is 0. The van der Waals surface area contributed by atoms with E-state index in [4.69, 9.17) is 14.2 Å². The molecule has 0 aliphatic heterocycles. The summed E-state index contributed by atoms with van der Waals surface area (Å²) in [5.74, 6) is -0.504. The second-order valence-electron chi connectivity index (χ2n) is 12.8. The van der Waals surface area contributed by atoms with Gasteiger partial charge in [0.1, 0.15) is 6.61 Å². The maximum Gasteiger partial charge on any atom is 0.306 e. The van der Waals surface area contributed by atoms with Gasteiger partial charge in [0.15, 0.2) is 6.10 Å². The van der Waals surface area contributed by atoms with Crippen molar-refractivity contribution >= 4 is 11.9 Å². The number of carbonyl (C=O) groups excluding carboxylic acids is 2. The van der Waals surface area contributed by atoms with E-state index in [2.05, 4.69) is 75.5 Å². The molecule has 0 aromatic carbocycles. The van der Waals surface area contributed by atoms with Crippen LogP contribution in [0.2, 0.25) is 0 Å². The van der Waals surface area contributed by atoms with Crippen molar-refractivity contribution in [2.75, 3.05) is 19.8 Å². The number of hydrogen-bond acceptors (Lipinski definition) is 5. The van der Waals surface area contributed by atoms with E-state index in [0.29, 0.717) is 25.9 Å². The summed E-state index contributed by atoms with van der Waals surface area (Å²) in [7, 11) is 0. The minimum atomic E-state index is -0.561. The lowest BCUT2D eigenvalue weighted by molar-refractivity contribution is -0.162. The van der Waals surface area contributed by atoms with Gasteiger partial charge in [-0.15, -0.1) is 0 Å². The predicted molar refractivity (Wildman–Crippen MR) is 205 cm³/mol. The third kappa shape index (κ3) is 36.4. The molecular formula is C43H74O5. The van der Waals surface area contributed by atoms with Gasteiger partial charge in [-0.1, -0.05) is 159 Å². The van der Waals surface area contributed by atoms with E-state index in [0.717, 1.165) is 57.8 Å². The largest absolute Gasteiger partial charge is 0.462 e. The molecule has 0 rings (SSSR count). The Morgan fingerprint density at radius 1 is 0.479 bits per heavy atom. The van der Waals surface area contributed by atoms with E-state index in [-0.39, 0.29) is 25.2 Å². The first-order valence-corrected chi connectivity index (χ1v) is 19.8. The van der Waals surface area contributed by atoms with Crippen LogP contribution in [-0.2, 0) is 23.8 Å². The number of esters is 2. The summed E-state index contributed by atoms with van der Waals surface area (Å²) in [6.45, 7) is 7.53. The van der Waals surface area contributed by atoms with E-state index in [9.17, 15) is 9.59 Å². The zero-order valence-corrected chi connectivity index (χ0v) is 31.5. The first-order chi connectivity index (χ1) is 23.6. The molecule has 0 fully saturated rings. The zero-order chi connectivity index (χ0) is 35.0. The molecule has 0 aromatic rings. The van der Waals surface area contributed by atoms with Gasteiger partial charge >= 0.3 is 11.9 Å². The van der Waals surface area contributed by atoms with Crippen LogP contribution < -0.4 is 0 Å². The van der Waals surface area contributed by atoms with Crippen LogP contribution in [0.4, 0.5) is 0 Å². The van der Waals surface area contributed by atoms with Crippen LogP contribution in [0.1, 0.15) is 175 Å². The molecule has 0 heterocycles. The maximum atomic E-state index is 12.5. The van der Waals surface area contributed by atoms with Gasteiger partial charge in [0.2, 0.25) is 0 Å². The predicted octanol–water partition coefficient (Wildman–Crippen LogP) is 12.7. The van der Waals surface area contributed by atoms with Crippen LogP contribution in [0.25, 0.3) is 0 Å². The molecule has 5 nitrogen and oxygen atoms in total. The Balaban J connectivity index is 4.32. The van der Waals surface area contributed by atoms with E-state index < -0.39 is 6.10 Å². The Labute approximate surface area is 296 Å². The highest BCUT2D eigenvalue weighted by Crippen LogP contribution is 2.11. The summed E-state index contributed by atoms with van der Waals surface area (Å²) in [5, 5.41) is 0. The summed E-state index contributed by atoms with van der Waals surface area (Å²) < 4.78 is 17.1. The summed E-state index contributed by atoms with van der Waals surface area (Å²) in [4.78, 5) is 24.9. The second-order valence-corrected chi connectivity index (χ2v) is 12.8. The number of unbranched alkanes of at least 4 members (excludes halogenated alkanes) is 14. The van der Waals surface area contributed by atoms with Crippen LogP contribution in [0, 0.1) is 0 Å². The quantitative estimate of drug-likeness (QED) is 0.0381. The topological polar surface area (TPSA) is 61.8 Å². The molecule has 0 N–H and O–H groups in total. The van der Waals surface area contributed by atoms with Gasteiger partial charge in [-0.2, -0.15) is 0 Å². The molecule has 5 heteroatoms. The maximum absolute atomic E-state index is 12.5. The van der Waals surface area contributed by atoms with E-state index in [1.165, 1.54) is 77.0 Å². The van der Waals surface area contributed by atoms with E-state index in [1.54, 1.807) is 0 Å². The number of carbonyl (C=O) groups is 2. The molecule has 1 unspecified atom stereocenters. The highest BCUT2D eigenvalue weighted by Gasteiger charge is 2.17. The smallest absolute Gasteiger partial charge is 0.306 e. The lowest BCUT2D eigenvalue weighted by Gasteiger charge is -2.18. The average Bonchev–Trinajstić information content (AvgIpc) is 3.08. The molecule has 0 bridgehead atoms. The first-order valence-electron chi connectivity index (χ1n) is 19.8. The van der Waals surface area contributed by atoms with Crippen molar-refractivity contribution in [3.05, 3.63) is 60.8 Å². The minimum Gasteiger partial charge on any atom is -0.462 e. The molecule has 0 aliphatic rings. The summed E-state index contributed by atoms with van der Waals surface area (Å²) in [6.07, 6.45) is 46.6. The standard InChI is InChI=1S/C43H74O5/c1-4-7-10-13-16-18-20-22-23-25-28-30-33-36-42(44)47-40-41(48-43(45)37-34-31-27-15-12-9-6-3)39-46-38-35-32-29-26-24-21-19-17-14-11-8-5-2/h7,10,14,16-18,22-23,28,30,41H,4-6,8-9,11-13,15,19-21,24-27,29,31-40H2,1-3H3/b10-7-,17-14-,18-16-,23-22-,30-28-. The van der Waals surface area contributed by atoms with Gasteiger partial charge in [0.05, 0.1) is 6.61 Å². The Bertz CT molecular complexity index is 853. The molecule has 0 spiro atoms. The molecule has 0 amide bonds. The molecule has 0 aliphatic carbocycles. The monoisotopic (exact) mass is 671 g/mol. The number of ether oxygens (including phenoxy) is 3. The van der Waals surface area contributed by atoms with Gasteiger partial charge in [0, 0.05) is 19.4 Å². The number of hydrogen-bond donors (Lipinski definition) is 0. The fourth-order valence-corrected chi connectivity index (χ4v) is 5.09. The van der Waals surface area contributed by atoms with Crippen molar-refractivity contribution in [3.8, 4) is 0 Å². The van der Waals surface area contributed by atoms with Gasteiger partial charge in [-0.3, -0.25) is 9.59 Å². The molecule has 276 valence electrons. The average molecular weight is 671 g/mol. The third-order valence-corrected chi connectivity index (χ3v) is 8.05. The van der Waals surface area contributed by atoms with E-state index >= 15 is 0 Å². The first kappa shape index (κ1) is 45.6. The van der Waals surface area contributed by atoms with Crippen LogP contribution in [-0.4, -0.2) is 37.9 Å². The fourth-order valence-electron chi connectivity index (χ4n) is 5.09. The molecule has 0 aromatic heterocycles. The van der Waals surface area contributed by atoms with Gasteiger partial charge in [-0.25, -0.2) is 0 Å². The molecule has 0 radical (unpaired) electrons. The Morgan fingerprint density at radius 3 is 1.65 bits per heavy atom. The lowest BCUT2D eigenvalue weighted by Crippen LogP contribution is -2.30. The highest BCUT2D eigenvalue weighted by molar-refractivity contribution is 5.70. The minimum absolute atomic E-state index is 0.0443. The van der Waals surface area contributed by atoms with E-state index in [1.807, 2.05) is 6.08 Å². The van der Waals surface area contributed by atoms with Crippen molar-refractivity contribution in [2.24, 2.45) is 0 Å². The van der Waals surface area contributed by atoms with Crippen molar-refractivity contribution < 1.29 is 23.8 Å². The molecule has 0 saturated carbocycles. The van der Waals surface area contributed by atoms with Gasteiger partial charge in [0.25, 0.3) is 0 Å².